The molecular weight excluding hydrogens is 192 g/mol. The van der Waals surface area contributed by atoms with Crippen LogP contribution in [0.15, 0.2) is 18.2 Å². The fourth-order valence-corrected chi connectivity index (χ4v) is 1.51. The average molecular weight is 212 g/mol. The monoisotopic (exact) mass is 212 g/mol. The van der Waals surface area contributed by atoms with Crippen LogP contribution >= 0.6 is 0 Å². The summed E-state index contributed by atoms with van der Waals surface area (Å²) in [4.78, 5) is 0. The maximum Gasteiger partial charge on any atom is 0.122 e. The molecule has 0 bridgehead atoms. The Hall–Kier alpha value is -1.22. The Labute approximate surface area is 90.7 Å². The van der Waals surface area contributed by atoms with E-state index in [2.05, 4.69) is 6.92 Å². The lowest BCUT2D eigenvalue weighted by atomic mass is 10.1. The average Bonchev–Trinajstić information content (AvgIpc) is 2.15. The van der Waals surface area contributed by atoms with Gasteiger partial charge in [-0.25, -0.2) is 0 Å². The normalized spacial score (nSPS) is 9.67. The quantitative estimate of drug-likeness (QED) is 0.735. The second-order valence-electron chi connectivity index (χ2n) is 3.62. The topological polar surface area (TPSA) is 72.0 Å². The molecular formula is C12H20O3. The van der Waals surface area contributed by atoms with Gasteiger partial charge in [0, 0.05) is 6.07 Å². The highest BCUT2D eigenvalue weighted by atomic mass is 16.3. The number of rotatable bonds is 5. The third-order valence-electron chi connectivity index (χ3n) is 2.37. The van der Waals surface area contributed by atoms with Crippen molar-refractivity contribution in [1.29, 1.82) is 0 Å². The van der Waals surface area contributed by atoms with Gasteiger partial charge in [0.05, 0.1) is 0 Å². The van der Waals surface area contributed by atoms with Crippen molar-refractivity contribution < 1.29 is 15.7 Å². The van der Waals surface area contributed by atoms with E-state index in [4.69, 9.17) is 5.11 Å². The van der Waals surface area contributed by atoms with Crippen LogP contribution in [0.3, 0.4) is 0 Å². The van der Waals surface area contributed by atoms with Gasteiger partial charge in [0.25, 0.3) is 0 Å². The van der Waals surface area contributed by atoms with Crippen molar-refractivity contribution in [3.63, 3.8) is 0 Å². The fourth-order valence-electron chi connectivity index (χ4n) is 1.51. The lowest BCUT2D eigenvalue weighted by Crippen LogP contribution is -1.86. The van der Waals surface area contributed by atoms with E-state index in [1.807, 2.05) is 0 Å². The molecule has 0 aliphatic heterocycles. The summed E-state index contributed by atoms with van der Waals surface area (Å²) in [5.74, 6) is 0.335. The molecule has 0 saturated heterocycles. The third kappa shape index (κ3) is 4.70. The number of phenols is 2. The van der Waals surface area contributed by atoms with Gasteiger partial charge in [0.2, 0.25) is 0 Å². The van der Waals surface area contributed by atoms with Gasteiger partial charge < -0.3 is 15.7 Å². The SMILES string of the molecule is CCCCCCc1ccc(O)cc1O.O. The molecule has 0 amide bonds. The summed E-state index contributed by atoms with van der Waals surface area (Å²) in [5, 5.41) is 18.6. The molecule has 0 atom stereocenters. The molecule has 86 valence electrons. The van der Waals surface area contributed by atoms with Crippen molar-refractivity contribution in [2.45, 2.75) is 39.0 Å². The Kier molecular flexibility index (Phi) is 6.54. The number of aromatic hydroxyl groups is 2. The Morgan fingerprint density at radius 2 is 1.80 bits per heavy atom. The van der Waals surface area contributed by atoms with Crippen molar-refractivity contribution in [2.75, 3.05) is 0 Å². The first kappa shape index (κ1) is 13.8. The highest BCUT2D eigenvalue weighted by molar-refractivity contribution is 5.38. The summed E-state index contributed by atoms with van der Waals surface area (Å²) in [6.45, 7) is 2.18. The van der Waals surface area contributed by atoms with Gasteiger partial charge in [-0.1, -0.05) is 32.3 Å². The van der Waals surface area contributed by atoms with Crippen LogP contribution < -0.4 is 0 Å². The van der Waals surface area contributed by atoms with Crippen molar-refractivity contribution in [3.05, 3.63) is 23.8 Å². The minimum absolute atomic E-state index is 0. The predicted molar refractivity (Wildman–Crippen MR) is 61.2 cm³/mol. The standard InChI is InChI=1S/C12H18O2.H2O/c1-2-3-4-5-6-10-7-8-11(13)9-12(10)14;/h7-9,13-14H,2-6H2,1H3;1H2. The van der Waals surface area contributed by atoms with Crippen molar-refractivity contribution in [2.24, 2.45) is 0 Å². The fraction of sp³-hybridized carbons (Fsp3) is 0.500. The van der Waals surface area contributed by atoms with Crippen molar-refractivity contribution in [1.82, 2.24) is 0 Å². The molecule has 15 heavy (non-hydrogen) atoms. The van der Waals surface area contributed by atoms with E-state index >= 15 is 0 Å². The second kappa shape index (κ2) is 7.12. The van der Waals surface area contributed by atoms with Gasteiger partial charge in [-0.2, -0.15) is 0 Å². The molecule has 0 fully saturated rings. The van der Waals surface area contributed by atoms with E-state index in [1.165, 1.54) is 25.3 Å². The summed E-state index contributed by atoms with van der Waals surface area (Å²) in [6, 6.07) is 4.81. The van der Waals surface area contributed by atoms with Gasteiger partial charge in [-0.15, -0.1) is 0 Å². The predicted octanol–water partition coefficient (Wildman–Crippen LogP) is 2.40. The Morgan fingerprint density at radius 1 is 1.07 bits per heavy atom. The maximum absolute atomic E-state index is 9.49. The lowest BCUT2D eigenvalue weighted by molar-refractivity contribution is 0.445. The molecule has 0 saturated carbocycles. The van der Waals surface area contributed by atoms with Crippen LogP contribution in [0.25, 0.3) is 0 Å². The molecule has 0 aliphatic carbocycles. The van der Waals surface area contributed by atoms with E-state index in [0.29, 0.717) is 0 Å². The highest BCUT2D eigenvalue weighted by Crippen LogP contribution is 2.24. The van der Waals surface area contributed by atoms with Crippen LogP contribution in [0.2, 0.25) is 0 Å². The first-order valence-corrected chi connectivity index (χ1v) is 5.25. The number of phenolic OH excluding ortho intramolecular Hbond substituents is 2. The van der Waals surface area contributed by atoms with Gasteiger partial charge in [-0.05, 0) is 24.5 Å². The van der Waals surface area contributed by atoms with E-state index in [0.717, 1.165) is 18.4 Å². The molecule has 0 aliphatic rings. The van der Waals surface area contributed by atoms with Crippen molar-refractivity contribution >= 4 is 0 Å². The van der Waals surface area contributed by atoms with E-state index in [-0.39, 0.29) is 17.0 Å². The van der Waals surface area contributed by atoms with Gasteiger partial charge >= 0.3 is 0 Å². The molecule has 1 aromatic rings. The molecule has 3 heteroatoms. The number of hydrogen-bond acceptors (Lipinski definition) is 2. The Morgan fingerprint density at radius 3 is 2.40 bits per heavy atom. The zero-order valence-corrected chi connectivity index (χ0v) is 9.16. The minimum atomic E-state index is 0. The van der Waals surface area contributed by atoms with Gasteiger partial charge in [-0.3, -0.25) is 0 Å². The minimum Gasteiger partial charge on any atom is -0.508 e. The maximum atomic E-state index is 9.49. The van der Waals surface area contributed by atoms with Crippen LogP contribution in [0.1, 0.15) is 38.2 Å². The molecule has 0 unspecified atom stereocenters. The van der Waals surface area contributed by atoms with E-state index in [9.17, 15) is 5.11 Å². The number of benzene rings is 1. The molecule has 1 rings (SSSR count). The van der Waals surface area contributed by atoms with E-state index < -0.39 is 0 Å². The third-order valence-corrected chi connectivity index (χ3v) is 2.37. The second-order valence-corrected chi connectivity index (χ2v) is 3.62. The Balaban J connectivity index is 0.00000196. The zero-order valence-electron chi connectivity index (χ0n) is 9.16. The van der Waals surface area contributed by atoms with Crippen LogP contribution in [0.4, 0.5) is 0 Å². The number of hydrogen-bond donors (Lipinski definition) is 2. The van der Waals surface area contributed by atoms with E-state index in [1.54, 1.807) is 12.1 Å². The van der Waals surface area contributed by atoms with Crippen molar-refractivity contribution in [3.8, 4) is 11.5 Å². The Bertz CT molecular complexity index is 284. The van der Waals surface area contributed by atoms with Crippen LogP contribution in [-0.4, -0.2) is 15.7 Å². The molecule has 0 spiro atoms. The highest BCUT2D eigenvalue weighted by Gasteiger charge is 2.01. The largest absolute Gasteiger partial charge is 0.508 e. The van der Waals surface area contributed by atoms with Crippen LogP contribution in [-0.2, 0) is 6.42 Å². The summed E-state index contributed by atoms with van der Waals surface area (Å²) in [5.41, 5.74) is 0.930. The number of unbranched alkanes of at least 4 members (excludes halogenated alkanes) is 3. The van der Waals surface area contributed by atoms with Crippen LogP contribution in [0, 0.1) is 0 Å². The summed E-state index contributed by atoms with van der Waals surface area (Å²) >= 11 is 0. The molecule has 0 radical (unpaired) electrons. The summed E-state index contributed by atoms with van der Waals surface area (Å²) in [7, 11) is 0. The van der Waals surface area contributed by atoms with Gasteiger partial charge in [0.15, 0.2) is 0 Å². The molecule has 1 aromatic carbocycles. The first-order valence-electron chi connectivity index (χ1n) is 5.25. The van der Waals surface area contributed by atoms with Gasteiger partial charge in [0.1, 0.15) is 11.5 Å². The van der Waals surface area contributed by atoms with Crippen LogP contribution in [0.5, 0.6) is 11.5 Å². The number of aryl methyl sites for hydroxylation is 1. The molecule has 0 aromatic heterocycles. The molecule has 0 heterocycles. The summed E-state index contributed by atoms with van der Waals surface area (Å²) < 4.78 is 0. The smallest absolute Gasteiger partial charge is 0.122 e. The zero-order chi connectivity index (χ0) is 10.4. The lowest BCUT2D eigenvalue weighted by Gasteiger charge is -2.04. The molecule has 3 nitrogen and oxygen atoms in total. The molecule has 4 N–H and O–H groups in total. The summed E-state index contributed by atoms with van der Waals surface area (Å²) in [6.07, 6.45) is 5.68. The first-order chi connectivity index (χ1) is 6.74.